The fraction of sp³-hybridized carbons (Fsp3) is 0.786. The first-order valence-electron chi connectivity index (χ1n) is 7.16. The minimum Gasteiger partial charge on any atom is -0.310 e. The van der Waals surface area contributed by atoms with Gasteiger partial charge in [0.15, 0.2) is 0 Å². The molecular weight excluding hydrogens is 292 g/mol. The summed E-state index contributed by atoms with van der Waals surface area (Å²) in [6.45, 7) is 5.43. The van der Waals surface area contributed by atoms with Gasteiger partial charge in [0, 0.05) is 40.6 Å². The molecule has 1 saturated heterocycles. The standard InChI is InChI=1S/C14H22N2S3/c1-9(2)15-7-11-13(10-3-4-10)16-14(19-11)12-8-17-5-6-18-12/h9-10,12,15H,3-8H2,1-2H3. The highest BCUT2D eigenvalue weighted by atomic mass is 32.2. The zero-order valence-corrected chi connectivity index (χ0v) is 14.1. The molecule has 3 rings (SSSR count). The first kappa shape index (κ1) is 14.2. The molecule has 2 fully saturated rings. The summed E-state index contributed by atoms with van der Waals surface area (Å²) in [5, 5.41) is 5.60. The highest BCUT2D eigenvalue weighted by Gasteiger charge is 2.31. The number of thiazole rings is 1. The van der Waals surface area contributed by atoms with E-state index in [0.717, 1.165) is 12.5 Å². The average molecular weight is 315 g/mol. The van der Waals surface area contributed by atoms with Gasteiger partial charge >= 0.3 is 0 Å². The van der Waals surface area contributed by atoms with Crippen molar-refractivity contribution in [2.24, 2.45) is 0 Å². The summed E-state index contributed by atoms with van der Waals surface area (Å²) >= 11 is 6.16. The van der Waals surface area contributed by atoms with Crippen molar-refractivity contribution in [3.63, 3.8) is 0 Å². The van der Waals surface area contributed by atoms with Crippen LogP contribution in [0.2, 0.25) is 0 Å². The van der Waals surface area contributed by atoms with Crippen LogP contribution < -0.4 is 5.32 Å². The van der Waals surface area contributed by atoms with Gasteiger partial charge in [0.25, 0.3) is 0 Å². The van der Waals surface area contributed by atoms with Crippen molar-refractivity contribution < 1.29 is 0 Å². The Kier molecular flexibility index (Phi) is 4.78. The molecule has 0 bridgehead atoms. The summed E-state index contributed by atoms with van der Waals surface area (Å²) in [6.07, 6.45) is 2.70. The highest BCUT2D eigenvalue weighted by Crippen LogP contribution is 2.46. The number of rotatable bonds is 5. The maximum absolute atomic E-state index is 5.02. The lowest BCUT2D eigenvalue weighted by Gasteiger charge is -2.18. The Morgan fingerprint density at radius 3 is 2.79 bits per heavy atom. The van der Waals surface area contributed by atoms with Crippen LogP contribution in [0.5, 0.6) is 0 Å². The van der Waals surface area contributed by atoms with E-state index in [9.17, 15) is 0 Å². The maximum atomic E-state index is 5.02. The van der Waals surface area contributed by atoms with Gasteiger partial charge < -0.3 is 5.32 Å². The Labute approximate surface area is 128 Å². The van der Waals surface area contributed by atoms with E-state index in [0.29, 0.717) is 11.3 Å². The van der Waals surface area contributed by atoms with E-state index in [4.69, 9.17) is 4.98 Å². The predicted molar refractivity (Wildman–Crippen MR) is 88.6 cm³/mol. The van der Waals surface area contributed by atoms with Crippen LogP contribution in [0.25, 0.3) is 0 Å². The first-order valence-corrected chi connectivity index (χ1v) is 10.2. The molecule has 0 aromatic carbocycles. The van der Waals surface area contributed by atoms with Gasteiger partial charge in [-0.25, -0.2) is 4.98 Å². The summed E-state index contributed by atoms with van der Waals surface area (Å²) in [5.74, 6) is 4.62. The van der Waals surface area contributed by atoms with Gasteiger partial charge in [-0.1, -0.05) is 13.8 Å². The molecule has 1 unspecified atom stereocenters. The minimum atomic E-state index is 0.553. The first-order chi connectivity index (χ1) is 9.24. The summed E-state index contributed by atoms with van der Waals surface area (Å²) in [7, 11) is 0. The van der Waals surface area contributed by atoms with Crippen molar-refractivity contribution in [1.29, 1.82) is 0 Å². The molecular formula is C14H22N2S3. The van der Waals surface area contributed by atoms with Crippen molar-refractivity contribution in [3.05, 3.63) is 15.6 Å². The second kappa shape index (κ2) is 6.37. The molecule has 19 heavy (non-hydrogen) atoms. The molecule has 0 amide bonds. The quantitative estimate of drug-likeness (QED) is 0.886. The van der Waals surface area contributed by atoms with Crippen LogP contribution in [0, 0.1) is 0 Å². The number of nitrogens with one attached hydrogen (secondary N) is 1. The number of nitrogens with zero attached hydrogens (tertiary/aromatic N) is 1. The number of aromatic nitrogens is 1. The van der Waals surface area contributed by atoms with E-state index in [1.807, 2.05) is 11.3 Å². The van der Waals surface area contributed by atoms with Gasteiger partial charge in [0.1, 0.15) is 5.01 Å². The van der Waals surface area contributed by atoms with Gasteiger partial charge in [-0.15, -0.1) is 23.1 Å². The Bertz CT molecular complexity index is 420. The van der Waals surface area contributed by atoms with E-state index < -0.39 is 0 Å². The average Bonchev–Trinajstić information content (AvgIpc) is 3.17. The van der Waals surface area contributed by atoms with E-state index in [-0.39, 0.29) is 0 Å². The number of hydrogen-bond donors (Lipinski definition) is 1. The molecule has 1 atom stereocenters. The van der Waals surface area contributed by atoms with E-state index in [2.05, 4.69) is 42.7 Å². The molecule has 1 aliphatic carbocycles. The molecule has 5 heteroatoms. The monoisotopic (exact) mass is 314 g/mol. The Morgan fingerprint density at radius 2 is 2.16 bits per heavy atom. The summed E-state index contributed by atoms with van der Waals surface area (Å²) in [5.41, 5.74) is 1.42. The predicted octanol–water partition coefficient (Wildman–Crippen LogP) is 4.04. The second-order valence-corrected chi connectivity index (χ2v) is 9.18. The van der Waals surface area contributed by atoms with Crippen molar-refractivity contribution in [1.82, 2.24) is 10.3 Å². The normalized spacial score (nSPS) is 24.1. The molecule has 1 aromatic heterocycles. The molecule has 2 aliphatic rings. The Morgan fingerprint density at radius 1 is 1.32 bits per heavy atom. The smallest absolute Gasteiger partial charge is 0.107 e. The van der Waals surface area contributed by atoms with Gasteiger partial charge in [0.05, 0.1) is 10.9 Å². The molecule has 1 aliphatic heterocycles. The molecule has 0 spiro atoms. The lowest BCUT2D eigenvalue weighted by molar-refractivity contribution is 0.590. The van der Waals surface area contributed by atoms with Crippen LogP contribution >= 0.6 is 34.9 Å². The van der Waals surface area contributed by atoms with Crippen LogP contribution in [-0.2, 0) is 6.54 Å². The van der Waals surface area contributed by atoms with Crippen LogP contribution in [0.4, 0.5) is 0 Å². The van der Waals surface area contributed by atoms with Gasteiger partial charge in [0.2, 0.25) is 0 Å². The van der Waals surface area contributed by atoms with Gasteiger partial charge in [-0.3, -0.25) is 0 Å². The van der Waals surface area contributed by atoms with Crippen LogP contribution in [0.1, 0.15) is 53.4 Å². The van der Waals surface area contributed by atoms with Crippen LogP contribution in [-0.4, -0.2) is 28.3 Å². The van der Waals surface area contributed by atoms with Crippen molar-refractivity contribution in [2.45, 2.75) is 50.4 Å². The van der Waals surface area contributed by atoms with Crippen molar-refractivity contribution in [2.75, 3.05) is 17.3 Å². The second-order valence-electron chi connectivity index (χ2n) is 5.60. The van der Waals surface area contributed by atoms with Crippen LogP contribution in [0.3, 0.4) is 0 Å². The summed E-state index contributed by atoms with van der Waals surface area (Å²) in [6, 6.07) is 0.553. The third-order valence-corrected chi connectivity index (χ3v) is 7.57. The highest BCUT2D eigenvalue weighted by molar-refractivity contribution is 8.06. The molecule has 1 aromatic rings. The summed E-state index contributed by atoms with van der Waals surface area (Å²) in [4.78, 5) is 6.52. The topological polar surface area (TPSA) is 24.9 Å². The Hall–Kier alpha value is 0.290. The van der Waals surface area contributed by atoms with Crippen molar-refractivity contribution in [3.8, 4) is 0 Å². The lowest BCUT2D eigenvalue weighted by Crippen LogP contribution is -2.21. The zero-order chi connectivity index (χ0) is 13.2. The summed E-state index contributed by atoms with van der Waals surface area (Å²) < 4.78 is 0. The van der Waals surface area contributed by atoms with E-state index >= 15 is 0 Å². The SMILES string of the molecule is CC(C)NCc1sc(C2CSCCS2)nc1C1CC1. The molecule has 1 N–H and O–H groups in total. The molecule has 1 saturated carbocycles. The van der Waals surface area contributed by atoms with Gasteiger partial charge in [-0.2, -0.15) is 11.8 Å². The lowest BCUT2D eigenvalue weighted by atomic mass is 10.2. The molecule has 0 radical (unpaired) electrons. The van der Waals surface area contributed by atoms with E-state index in [1.54, 1.807) is 0 Å². The van der Waals surface area contributed by atoms with E-state index in [1.165, 1.54) is 45.7 Å². The number of thioether (sulfide) groups is 2. The van der Waals surface area contributed by atoms with Crippen LogP contribution in [0.15, 0.2) is 0 Å². The Balaban J connectivity index is 1.75. The maximum Gasteiger partial charge on any atom is 0.107 e. The number of hydrogen-bond acceptors (Lipinski definition) is 5. The molecule has 2 heterocycles. The molecule has 2 nitrogen and oxygen atoms in total. The minimum absolute atomic E-state index is 0.553. The third-order valence-electron chi connectivity index (χ3n) is 3.47. The molecule has 106 valence electrons. The third kappa shape index (κ3) is 3.69. The van der Waals surface area contributed by atoms with Gasteiger partial charge in [-0.05, 0) is 12.8 Å². The fourth-order valence-electron chi connectivity index (χ4n) is 2.25. The van der Waals surface area contributed by atoms with Crippen molar-refractivity contribution >= 4 is 34.9 Å². The largest absolute Gasteiger partial charge is 0.310 e. The zero-order valence-electron chi connectivity index (χ0n) is 11.6. The fourth-order valence-corrected chi connectivity index (χ4v) is 6.34.